The van der Waals surface area contributed by atoms with E-state index in [4.69, 9.17) is 5.11 Å². The number of aliphatic hydroxyl groups excluding tert-OH is 1. The third-order valence-corrected chi connectivity index (χ3v) is 2.56. The minimum Gasteiger partial charge on any atom is -0.396 e. The van der Waals surface area contributed by atoms with Crippen molar-refractivity contribution in [3.8, 4) is 0 Å². The number of nitrogens with one attached hydrogen (secondary N) is 1. The third-order valence-electron chi connectivity index (χ3n) is 2.56. The Morgan fingerprint density at radius 3 is 2.67 bits per heavy atom. The highest BCUT2D eigenvalue weighted by Gasteiger charge is 2.17. The lowest BCUT2D eigenvalue weighted by molar-refractivity contribution is 0.186. The van der Waals surface area contributed by atoms with Crippen molar-refractivity contribution in [3.63, 3.8) is 0 Å². The average Bonchev–Trinajstić information content (AvgIpc) is 2.32. The van der Waals surface area contributed by atoms with Crippen LogP contribution in [0, 0.1) is 5.82 Å². The maximum Gasteiger partial charge on any atom is 0.322 e. The molecule has 2 amide bonds. The first kappa shape index (κ1) is 14.4. The standard InChI is InChI=1S/C13H19FN2O2/c1-10(2)16(8-5-9-17)13(18)15-12-7-4-3-6-11(12)14/h3-4,6-7,10,17H,5,8-9H2,1-2H3,(H,15,18). The summed E-state index contributed by atoms with van der Waals surface area (Å²) < 4.78 is 13.4. The summed E-state index contributed by atoms with van der Waals surface area (Å²) in [4.78, 5) is 13.5. The number of hydrogen-bond acceptors (Lipinski definition) is 2. The molecule has 0 unspecified atom stereocenters. The van der Waals surface area contributed by atoms with Crippen molar-refractivity contribution < 1.29 is 14.3 Å². The Bertz CT molecular complexity index is 396. The molecule has 0 bridgehead atoms. The number of carbonyl (C=O) groups excluding carboxylic acids is 1. The number of rotatable bonds is 5. The molecule has 0 saturated heterocycles. The molecule has 1 aromatic rings. The van der Waals surface area contributed by atoms with E-state index >= 15 is 0 Å². The van der Waals surface area contributed by atoms with Crippen molar-refractivity contribution in [2.75, 3.05) is 18.5 Å². The van der Waals surface area contributed by atoms with Gasteiger partial charge in [-0.2, -0.15) is 0 Å². The summed E-state index contributed by atoms with van der Waals surface area (Å²) in [5.41, 5.74) is 0.164. The van der Waals surface area contributed by atoms with Crippen LogP contribution < -0.4 is 5.32 Å². The summed E-state index contributed by atoms with van der Waals surface area (Å²) in [6.07, 6.45) is 0.503. The summed E-state index contributed by atoms with van der Waals surface area (Å²) >= 11 is 0. The van der Waals surface area contributed by atoms with Gasteiger partial charge >= 0.3 is 6.03 Å². The molecule has 0 atom stereocenters. The normalized spacial score (nSPS) is 10.5. The van der Waals surface area contributed by atoms with Crippen molar-refractivity contribution >= 4 is 11.7 Å². The van der Waals surface area contributed by atoms with Gasteiger partial charge < -0.3 is 15.3 Å². The number of halogens is 1. The zero-order valence-electron chi connectivity index (χ0n) is 10.7. The van der Waals surface area contributed by atoms with Gasteiger partial charge in [0.15, 0.2) is 0 Å². The fourth-order valence-electron chi connectivity index (χ4n) is 1.58. The Morgan fingerprint density at radius 2 is 2.11 bits per heavy atom. The lowest BCUT2D eigenvalue weighted by atomic mass is 10.3. The van der Waals surface area contributed by atoms with Gasteiger partial charge in [-0.25, -0.2) is 9.18 Å². The number of carbonyl (C=O) groups is 1. The third kappa shape index (κ3) is 4.00. The van der Waals surface area contributed by atoms with E-state index in [1.807, 2.05) is 13.8 Å². The number of anilines is 1. The zero-order chi connectivity index (χ0) is 13.5. The van der Waals surface area contributed by atoms with Crippen LogP contribution in [0.5, 0.6) is 0 Å². The SMILES string of the molecule is CC(C)N(CCCO)C(=O)Nc1ccccc1F. The lowest BCUT2D eigenvalue weighted by Crippen LogP contribution is -2.41. The van der Waals surface area contributed by atoms with Crippen LogP contribution in [-0.2, 0) is 0 Å². The van der Waals surface area contributed by atoms with Crippen molar-refractivity contribution in [3.05, 3.63) is 30.1 Å². The van der Waals surface area contributed by atoms with E-state index in [0.29, 0.717) is 13.0 Å². The first-order valence-corrected chi connectivity index (χ1v) is 5.99. The number of benzene rings is 1. The Kier molecular flexibility index (Phi) is 5.58. The number of nitrogens with zero attached hydrogens (tertiary/aromatic N) is 1. The first-order valence-electron chi connectivity index (χ1n) is 5.99. The molecular formula is C13H19FN2O2. The first-order chi connectivity index (χ1) is 8.56. The Morgan fingerprint density at radius 1 is 1.44 bits per heavy atom. The Labute approximate surface area is 106 Å². The maximum atomic E-state index is 13.4. The van der Waals surface area contributed by atoms with E-state index in [2.05, 4.69) is 5.32 Å². The summed E-state index contributed by atoms with van der Waals surface area (Å²) in [6.45, 7) is 4.21. The Hall–Kier alpha value is -1.62. The lowest BCUT2D eigenvalue weighted by Gasteiger charge is -2.26. The fourth-order valence-corrected chi connectivity index (χ4v) is 1.58. The molecule has 0 aliphatic heterocycles. The summed E-state index contributed by atoms with van der Waals surface area (Å²) in [6, 6.07) is 5.66. The highest BCUT2D eigenvalue weighted by molar-refractivity contribution is 5.89. The smallest absolute Gasteiger partial charge is 0.322 e. The van der Waals surface area contributed by atoms with Crippen LogP contribution in [0.2, 0.25) is 0 Å². The van der Waals surface area contributed by atoms with Crippen molar-refractivity contribution in [2.24, 2.45) is 0 Å². The second-order valence-corrected chi connectivity index (χ2v) is 4.27. The van der Waals surface area contributed by atoms with Crippen LogP contribution in [0.3, 0.4) is 0 Å². The number of aliphatic hydroxyl groups is 1. The second kappa shape index (κ2) is 6.96. The van der Waals surface area contributed by atoms with Gasteiger partial charge in [-0.3, -0.25) is 0 Å². The van der Waals surface area contributed by atoms with Gasteiger partial charge in [0.25, 0.3) is 0 Å². The van der Waals surface area contributed by atoms with E-state index < -0.39 is 5.82 Å². The molecule has 4 nitrogen and oxygen atoms in total. The van der Waals surface area contributed by atoms with Gasteiger partial charge in [-0.05, 0) is 32.4 Å². The Balaban J connectivity index is 2.70. The highest BCUT2D eigenvalue weighted by atomic mass is 19.1. The van der Waals surface area contributed by atoms with Gasteiger partial charge in [0.1, 0.15) is 5.82 Å². The van der Waals surface area contributed by atoms with E-state index in [-0.39, 0.29) is 24.4 Å². The van der Waals surface area contributed by atoms with E-state index in [0.717, 1.165) is 0 Å². The van der Waals surface area contributed by atoms with Crippen LogP contribution in [0.15, 0.2) is 24.3 Å². The fraction of sp³-hybridized carbons (Fsp3) is 0.462. The van der Waals surface area contributed by atoms with E-state index in [1.165, 1.54) is 12.1 Å². The van der Waals surface area contributed by atoms with Crippen LogP contribution in [0.1, 0.15) is 20.3 Å². The highest BCUT2D eigenvalue weighted by Crippen LogP contribution is 2.14. The van der Waals surface area contributed by atoms with Gasteiger partial charge in [-0.15, -0.1) is 0 Å². The number of hydrogen-bond donors (Lipinski definition) is 2. The van der Waals surface area contributed by atoms with Crippen molar-refractivity contribution in [1.29, 1.82) is 0 Å². The van der Waals surface area contributed by atoms with Gasteiger partial charge in [0.05, 0.1) is 5.69 Å². The molecule has 0 aromatic heterocycles. The largest absolute Gasteiger partial charge is 0.396 e. The van der Waals surface area contributed by atoms with Crippen LogP contribution in [0.4, 0.5) is 14.9 Å². The molecule has 0 heterocycles. The molecule has 0 aliphatic carbocycles. The van der Waals surface area contributed by atoms with Gasteiger partial charge in [0, 0.05) is 19.2 Å². The molecule has 1 aromatic carbocycles. The molecular weight excluding hydrogens is 235 g/mol. The predicted molar refractivity (Wildman–Crippen MR) is 69.0 cm³/mol. The van der Waals surface area contributed by atoms with Gasteiger partial charge in [0.2, 0.25) is 0 Å². The molecule has 18 heavy (non-hydrogen) atoms. The van der Waals surface area contributed by atoms with Crippen molar-refractivity contribution in [1.82, 2.24) is 4.90 Å². The number of para-hydroxylation sites is 1. The minimum atomic E-state index is -0.461. The summed E-state index contributed by atoms with van der Waals surface area (Å²) in [5.74, 6) is -0.461. The van der Waals surface area contributed by atoms with Crippen LogP contribution >= 0.6 is 0 Å². The average molecular weight is 254 g/mol. The molecule has 0 spiro atoms. The minimum absolute atomic E-state index is 0.0108. The molecule has 0 radical (unpaired) electrons. The topological polar surface area (TPSA) is 52.6 Å². The van der Waals surface area contributed by atoms with E-state index in [9.17, 15) is 9.18 Å². The summed E-state index contributed by atoms with van der Waals surface area (Å²) in [5, 5.41) is 11.3. The van der Waals surface area contributed by atoms with Crippen molar-refractivity contribution in [2.45, 2.75) is 26.3 Å². The number of urea groups is 1. The molecule has 2 N–H and O–H groups in total. The summed E-state index contributed by atoms with van der Waals surface area (Å²) in [7, 11) is 0. The zero-order valence-corrected chi connectivity index (χ0v) is 10.7. The van der Waals surface area contributed by atoms with Crippen LogP contribution in [-0.4, -0.2) is 35.2 Å². The second-order valence-electron chi connectivity index (χ2n) is 4.27. The maximum absolute atomic E-state index is 13.4. The molecule has 0 aliphatic rings. The molecule has 1 rings (SSSR count). The van der Waals surface area contributed by atoms with Crippen LogP contribution in [0.25, 0.3) is 0 Å². The predicted octanol–water partition coefficient (Wildman–Crippen LogP) is 2.45. The number of amides is 2. The monoisotopic (exact) mass is 254 g/mol. The molecule has 0 saturated carbocycles. The van der Waals surface area contributed by atoms with Gasteiger partial charge in [-0.1, -0.05) is 12.1 Å². The quantitative estimate of drug-likeness (QED) is 0.848. The molecule has 0 fully saturated rings. The molecule has 100 valence electrons. The van der Waals surface area contributed by atoms with E-state index in [1.54, 1.807) is 17.0 Å². The molecule has 5 heteroatoms.